The van der Waals surface area contributed by atoms with Crippen LogP contribution in [0.3, 0.4) is 0 Å². The van der Waals surface area contributed by atoms with Gasteiger partial charge < -0.3 is 10.6 Å². The predicted molar refractivity (Wildman–Crippen MR) is 111 cm³/mol. The summed E-state index contributed by atoms with van der Waals surface area (Å²) in [6, 6.07) is 15.6. The normalized spacial score (nSPS) is 12.2. The predicted octanol–water partition coefficient (Wildman–Crippen LogP) is 2.46. The van der Waals surface area contributed by atoms with Crippen LogP contribution in [0.5, 0.6) is 0 Å². The van der Waals surface area contributed by atoms with Gasteiger partial charge in [0, 0.05) is 23.8 Å². The Bertz CT molecular complexity index is 935. The lowest BCUT2D eigenvalue weighted by molar-refractivity contribution is 0.0950. The Kier molecular flexibility index (Phi) is 7.61. The van der Waals surface area contributed by atoms with Crippen LogP contribution in [0.4, 0.5) is 5.69 Å². The minimum absolute atomic E-state index is 0.00165. The van der Waals surface area contributed by atoms with Gasteiger partial charge >= 0.3 is 0 Å². The third-order valence-corrected chi connectivity index (χ3v) is 5.58. The molecule has 0 saturated carbocycles. The molecular weight excluding hydrogens is 374 g/mol. The second-order valence-electron chi connectivity index (χ2n) is 6.63. The van der Waals surface area contributed by atoms with E-state index >= 15 is 0 Å². The summed E-state index contributed by atoms with van der Waals surface area (Å²) in [5, 5.41) is 6.28. The smallest absolute Gasteiger partial charge is 0.251 e. The zero-order chi connectivity index (χ0) is 20.6. The quantitative estimate of drug-likeness (QED) is 0.565. The van der Waals surface area contributed by atoms with Crippen molar-refractivity contribution in [1.29, 1.82) is 0 Å². The Balaban J connectivity index is 2.05. The van der Waals surface area contributed by atoms with Gasteiger partial charge in [-0.3, -0.25) is 4.79 Å². The maximum Gasteiger partial charge on any atom is 0.251 e. The second kappa shape index (κ2) is 9.93. The van der Waals surface area contributed by atoms with Crippen LogP contribution >= 0.6 is 0 Å². The van der Waals surface area contributed by atoms with Crippen LogP contribution < -0.4 is 15.4 Å². The van der Waals surface area contributed by atoms with Gasteiger partial charge in [-0.2, -0.15) is 4.72 Å². The number of carbonyl (C=O) groups is 1. The first-order chi connectivity index (χ1) is 13.3. The largest absolute Gasteiger partial charge is 0.380 e. The van der Waals surface area contributed by atoms with Crippen LogP contribution in [0, 0.1) is 18.3 Å². The van der Waals surface area contributed by atoms with Crippen molar-refractivity contribution in [3.8, 4) is 12.3 Å². The van der Waals surface area contributed by atoms with Gasteiger partial charge in [0.2, 0.25) is 10.0 Å². The molecule has 1 atom stereocenters. The van der Waals surface area contributed by atoms with Crippen molar-refractivity contribution in [3.05, 3.63) is 60.2 Å². The Morgan fingerprint density at radius 1 is 1.11 bits per heavy atom. The van der Waals surface area contributed by atoms with E-state index in [2.05, 4.69) is 35.1 Å². The van der Waals surface area contributed by atoms with Gasteiger partial charge in [0.1, 0.15) is 0 Å². The second-order valence-corrected chi connectivity index (χ2v) is 8.39. The molecule has 0 aromatic heterocycles. The van der Waals surface area contributed by atoms with Gasteiger partial charge in [-0.1, -0.05) is 44.0 Å². The van der Waals surface area contributed by atoms with Gasteiger partial charge in [-0.15, -0.1) is 6.42 Å². The third kappa shape index (κ3) is 6.12. The number of benzene rings is 2. The number of carbonyl (C=O) groups excluding carboxylic acids is 1. The average Bonchev–Trinajstić information content (AvgIpc) is 2.70. The summed E-state index contributed by atoms with van der Waals surface area (Å²) in [4.78, 5) is 12.5. The fraction of sp³-hybridized carbons (Fsp3) is 0.286. The number of terminal acetylenes is 1. The summed E-state index contributed by atoms with van der Waals surface area (Å²) in [5.41, 5.74) is 1.24. The number of amides is 1. The molecule has 2 aromatic rings. The van der Waals surface area contributed by atoms with Crippen LogP contribution in [-0.2, 0) is 10.0 Å². The molecule has 0 fully saturated rings. The monoisotopic (exact) mass is 399 g/mol. The molecule has 0 aliphatic carbocycles. The summed E-state index contributed by atoms with van der Waals surface area (Å²) >= 11 is 0. The maximum absolute atomic E-state index is 12.5. The fourth-order valence-corrected chi connectivity index (χ4v) is 3.51. The van der Waals surface area contributed by atoms with Crippen LogP contribution in [0.15, 0.2) is 59.5 Å². The molecule has 0 heterocycles. The first-order valence-electron chi connectivity index (χ1n) is 8.96. The summed E-state index contributed by atoms with van der Waals surface area (Å²) in [6.07, 6.45) is 5.09. The number of rotatable bonds is 9. The van der Waals surface area contributed by atoms with E-state index in [-0.39, 0.29) is 34.9 Å². The van der Waals surface area contributed by atoms with Crippen LogP contribution in [0.25, 0.3) is 0 Å². The summed E-state index contributed by atoms with van der Waals surface area (Å²) in [5.74, 6) is 2.16. The zero-order valence-electron chi connectivity index (χ0n) is 16.0. The van der Waals surface area contributed by atoms with Crippen LogP contribution in [0.2, 0.25) is 0 Å². The minimum atomic E-state index is -3.75. The minimum Gasteiger partial charge on any atom is -0.380 e. The van der Waals surface area contributed by atoms with E-state index in [4.69, 9.17) is 6.42 Å². The first kappa shape index (κ1) is 21.5. The Morgan fingerprint density at radius 2 is 1.82 bits per heavy atom. The summed E-state index contributed by atoms with van der Waals surface area (Å²) in [7, 11) is -3.75. The van der Waals surface area contributed by atoms with Crippen molar-refractivity contribution >= 4 is 21.6 Å². The van der Waals surface area contributed by atoms with Crippen molar-refractivity contribution in [2.24, 2.45) is 5.92 Å². The molecular formula is C21H25N3O3S. The molecule has 0 radical (unpaired) electrons. The standard InChI is InChI=1S/C21H25N3O3S/c1-4-13-23-28(26,27)19-12-8-9-17(14-19)21(25)22-15-20(16(2)3)24-18-10-6-5-7-11-18/h1,5-12,14,16,20,23-24H,13,15H2,2-3H3,(H,22,25). The van der Waals surface area contributed by atoms with E-state index in [0.29, 0.717) is 6.54 Å². The highest BCUT2D eigenvalue weighted by atomic mass is 32.2. The lowest BCUT2D eigenvalue weighted by Crippen LogP contribution is -2.39. The lowest BCUT2D eigenvalue weighted by atomic mass is 10.0. The molecule has 3 N–H and O–H groups in total. The molecule has 0 saturated heterocycles. The van der Waals surface area contributed by atoms with Crippen LogP contribution in [-0.4, -0.2) is 33.5 Å². The van der Waals surface area contributed by atoms with Gasteiger partial charge in [0.25, 0.3) is 5.91 Å². The van der Waals surface area contributed by atoms with Crippen molar-refractivity contribution in [2.75, 3.05) is 18.4 Å². The number of sulfonamides is 1. The molecule has 148 valence electrons. The molecule has 2 rings (SSSR count). The molecule has 0 aliphatic rings. The number of hydrogen-bond acceptors (Lipinski definition) is 4. The third-order valence-electron chi connectivity index (χ3n) is 4.18. The molecule has 0 aliphatic heterocycles. The maximum atomic E-state index is 12.5. The summed E-state index contributed by atoms with van der Waals surface area (Å²) in [6.45, 7) is 4.42. The fourth-order valence-electron chi connectivity index (χ4n) is 2.53. The molecule has 0 spiro atoms. The SMILES string of the molecule is C#CCNS(=O)(=O)c1cccc(C(=O)NCC(Nc2ccccc2)C(C)C)c1. The van der Waals surface area contributed by atoms with Gasteiger partial charge in [0.15, 0.2) is 0 Å². The van der Waals surface area contributed by atoms with E-state index in [0.717, 1.165) is 5.69 Å². The number of hydrogen-bond donors (Lipinski definition) is 3. The van der Waals surface area contributed by atoms with Crippen molar-refractivity contribution < 1.29 is 13.2 Å². The molecule has 7 heteroatoms. The lowest BCUT2D eigenvalue weighted by Gasteiger charge is -2.24. The molecule has 1 amide bonds. The van der Waals surface area contributed by atoms with Gasteiger partial charge in [0.05, 0.1) is 11.4 Å². The topological polar surface area (TPSA) is 87.3 Å². The Labute approximate surface area is 166 Å². The molecule has 28 heavy (non-hydrogen) atoms. The van der Waals surface area contributed by atoms with Gasteiger partial charge in [-0.05, 0) is 36.2 Å². The van der Waals surface area contributed by atoms with E-state index in [9.17, 15) is 13.2 Å². The van der Waals surface area contributed by atoms with Crippen molar-refractivity contribution in [1.82, 2.24) is 10.0 Å². The average molecular weight is 400 g/mol. The van der Waals surface area contributed by atoms with Crippen molar-refractivity contribution in [3.63, 3.8) is 0 Å². The highest BCUT2D eigenvalue weighted by Crippen LogP contribution is 2.13. The van der Waals surface area contributed by atoms with E-state index in [1.165, 1.54) is 18.2 Å². The zero-order valence-corrected chi connectivity index (χ0v) is 16.8. The number of anilines is 1. The highest BCUT2D eigenvalue weighted by Gasteiger charge is 2.18. The molecule has 2 aromatic carbocycles. The Morgan fingerprint density at radius 3 is 2.46 bits per heavy atom. The number of para-hydroxylation sites is 1. The van der Waals surface area contributed by atoms with E-state index < -0.39 is 10.0 Å². The number of nitrogens with one attached hydrogen (secondary N) is 3. The van der Waals surface area contributed by atoms with E-state index in [1.54, 1.807) is 6.07 Å². The van der Waals surface area contributed by atoms with Gasteiger partial charge in [-0.25, -0.2) is 8.42 Å². The van der Waals surface area contributed by atoms with Crippen molar-refractivity contribution in [2.45, 2.75) is 24.8 Å². The molecule has 6 nitrogen and oxygen atoms in total. The van der Waals surface area contributed by atoms with E-state index in [1.807, 2.05) is 30.3 Å². The molecule has 1 unspecified atom stereocenters. The molecule has 0 bridgehead atoms. The Hall–Kier alpha value is -2.82. The first-order valence-corrected chi connectivity index (χ1v) is 10.4. The highest BCUT2D eigenvalue weighted by molar-refractivity contribution is 7.89. The van der Waals surface area contributed by atoms with Crippen LogP contribution in [0.1, 0.15) is 24.2 Å². The summed E-state index contributed by atoms with van der Waals surface area (Å²) < 4.78 is 26.6.